The largest absolute Gasteiger partial charge is 0.493 e. The summed E-state index contributed by atoms with van der Waals surface area (Å²) < 4.78 is 16.3. The molecule has 1 aliphatic heterocycles. The lowest BCUT2D eigenvalue weighted by molar-refractivity contribution is 0.0960. The highest BCUT2D eigenvalue weighted by Crippen LogP contribution is 2.38. The Morgan fingerprint density at radius 2 is 1.46 bits per heavy atom. The minimum atomic E-state index is -0.0784. The summed E-state index contributed by atoms with van der Waals surface area (Å²) in [6.07, 6.45) is 1.64. The molecule has 3 aromatic carbocycles. The molecule has 0 spiro atoms. The van der Waals surface area contributed by atoms with E-state index < -0.39 is 0 Å². The van der Waals surface area contributed by atoms with Crippen LogP contribution in [-0.4, -0.2) is 64.0 Å². The number of nitrogens with zero attached hydrogens (tertiary/aromatic N) is 2. The van der Waals surface area contributed by atoms with Gasteiger partial charge in [0.1, 0.15) is 0 Å². The van der Waals surface area contributed by atoms with Crippen LogP contribution in [0.1, 0.15) is 51.6 Å². The maximum Gasteiger partial charge on any atom is 0.203 e. The molecule has 0 saturated carbocycles. The molecule has 0 aromatic heterocycles. The van der Waals surface area contributed by atoms with Crippen molar-refractivity contribution in [3.05, 3.63) is 82.9 Å². The molecule has 1 fully saturated rings. The van der Waals surface area contributed by atoms with E-state index in [2.05, 4.69) is 34.1 Å². The number of carbonyl (C=O) groups excluding carboxylic acids is 2. The third-order valence-electron chi connectivity index (χ3n) is 7.25. The molecule has 7 nitrogen and oxygen atoms in total. The van der Waals surface area contributed by atoms with Crippen LogP contribution in [0, 0.1) is 0 Å². The van der Waals surface area contributed by atoms with Crippen LogP contribution in [0.15, 0.2) is 60.7 Å². The lowest BCUT2D eigenvalue weighted by atomic mass is 9.94. The zero-order valence-corrected chi connectivity index (χ0v) is 23.4. The molecule has 0 radical (unpaired) electrons. The number of benzene rings is 3. The molecule has 0 bridgehead atoms. The molecule has 0 N–H and O–H groups in total. The van der Waals surface area contributed by atoms with Crippen molar-refractivity contribution in [1.82, 2.24) is 4.90 Å². The minimum absolute atomic E-state index is 0.0165. The Bertz CT molecular complexity index is 1260. The predicted octanol–water partition coefficient (Wildman–Crippen LogP) is 5.44. The SMILES string of the molecule is COc1cc(CCCC(=O)c2cccc(N3CCN(Cc4ccccc4)CC3)c2C(C)=O)cc(OC)c1OC. The molecule has 1 saturated heterocycles. The quantitative estimate of drug-likeness (QED) is 0.289. The van der Waals surface area contributed by atoms with Crippen molar-refractivity contribution in [2.45, 2.75) is 32.7 Å². The highest BCUT2D eigenvalue weighted by atomic mass is 16.5. The van der Waals surface area contributed by atoms with Crippen molar-refractivity contribution >= 4 is 17.3 Å². The van der Waals surface area contributed by atoms with Gasteiger partial charge in [-0.1, -0.05) is 42.5 Å². The number of anilines is 1. The number of methoxy groups -OCH3 is 3. The zero-order valence-electron chi connectivity index (χ0n) is 23.4. The van der Waals surface area contributed by atoms with Crippen LogP contribution >= 0.6 is 0 Å². The first-order valence-corrected chi connectivity index (χ1v) is 13.4. The smallest absolute Gasteiger partial charge is 0.203 e. The highest BCUT2D eigenvalue weighted by Gasteiger charge is 2.24. The fourth-order valence-corrected chi connectivity index (χ4v) is 5.26. The minimum Gasteiger partial charge on any atom is -0.493 e. The monoisotopic (exact) mass is 530 g/mol. The molecule has 1 aliphatic rings. The van der Waals surface area contributed by atoms with Crippen molar-refractivity contribution < 1.29 is 23.8 Å². The summed E-state index contributed by atoms with van der Waals surface area (Å²) in [6, 6.07) is 19.9. The van der Waals surface area contributed by atoms with Gasteiger partial charge in [0.2, 0.25) is 5.75 Å². The Labute approximate surface area is 231 Å². The van der Waals surface area contributed by atoms with Crippen molar-refractivity contribution in [1.29, 1.82) is 0 Å². The lowest BCUT2D eigenvalue weighted by Gasteiger charge is -2.37. The second-order valence-electron chi connectivity index (χ2n) is 9.81. The van der Waals surface area contributed by atoms with Crippen LogP contribution in [0.3, 0.4) is 0 Å². The van der Waals surface area contributed by atoms with Crippen LogP contribution in [0.5, 0.6) is 17.2 Å². The molecule has 0 atom stereocenters. The van der Waals surface area contributed by atoms with E-state index in [1.165, 1.54) is 5.56 Å². The van der Waals surface area contributed by atoms with Gasteiger partial charge in [-0.05, 0) is 49.1 Å². The Kier molecular flexibility index (Phi) is 9.60. The Hall–Kier alpha value is -3.84. The second-order valence-corrected chi connectivity index (χ2v) is 9.81. The maximum absolute atomic E-state index is 13.3. The van der Waals surface area contributed by atoms with E-state index in [0.717, 1.165) is 44.0 Å². The van der Waals surface area contributed by atoms with Gasteiger partial charge in [-0.15, -0.1) is 0 Å². The molecule has 0 amide bonds. The van der Waals surface area contributed by atoms with Crippen LogP contribution in [0.25, 0.3) is 0 Å². The van der Waals surface area contributed by atoms with Crippen LogP contribution in [0.4, 0.5) is 5.69 Å². The van der Waals surface area contributed by atoms with Gasteiger partial charge in [0.15, 0.2) is 23.1 Å². The summed E-state index contributed by atoms with van der Waals surface area (Å²) in [6.45, 7) is 5.89. The first-order chi connectivity index (χ1) is 18.9. The molecule has 206 valence electrons. The van der Waals surface area contributed by atoms with Gasteiger partial charge in [0, 0.05) is 50.4 Å². The van der Waals surface area contributed by atoms with Crippen molar-refractivity contribution in [3.8, 4) is 17.2 Å². The van der Waals surface area contributed by atoms with Crippen molar-refractivity contribution in [3.63, 3.8) is 0 Å². The van der Waals surface area contributed by atoms with Crippen LogP contribution in [0.2, 0.25) is 0 Å². The fourth-order valence-electron chi connectivity index (χ4n) is 5.26. The van der Waals surface area contributed by atoms with Gasteiger partial charge in [-0.25, -0.2) is 0 Å². The maximum atomic E-state index is 13.3. The normalized spacial score (nSPS) is 13.7. The number of ketones is 2. The predicted molar refractivity (Wildman–Crippen MR) is 154 cm³/mol. The van der Waals surface area contributed by atoms with Gasteiger partial charge in [-0.3, -0.25) is 14.5 Å². The number of ether oxygens (including phenoxy) is 3. The summed E-state index contributed by atoms with van der Waals surface area (Å²) in [5, 5.41) is 0. The third-order valence-corrected chi connectivity index (χ3v) is 7.25. The summed E-state index contributed by atoms with van der Waals surface area (Å²) >= 11 is 0. The molecular weight excluding hydrogens is 492 g/mol. The van der Waals surface area contributed by atoms with E-state index in [-0.39, 0.29) is 11.6 Å². The van der Waals surface area contributed by atoms with E-state index in [9.17, 15) is 9.59 Å². The highest BCUT2D eigenvalue weighted by molar-refractivity contribution is 6.11. The standard InChI is InChI=1S/C32H38N2O5/c1-23(35)31-26(28(36)15-8-12-25-20-29(37-2)32(39-4)30(21-25)38-3)13-9-14-27(31)34-18-16-33(17-19-34)22-24-10-6-5-7-11-24/h5-7,9-11,13-14,20-21H,8,12,15-19,22H2,1-4H3. The topological polar surface area (TPSA) is 68.3 Å². The van der Waals surface area contributed by atoms with Gasteiger partial charge < -0.3 is 19.1 Å². The first-order valence-electron chi connectivity index (χ1n) is 13.4. The van der Waals surface area contributed by atoms with Crippen LogP contribution < -0.4 is 19.1 Å². The van der Waals surface area contributed by atoms with E-state index in [0.29, 0.717) is 47.6 Å². The number of hydrogen-bond donors (Lipinski definition) is 0. The summed E-state index contributed by atoms with van der Waals surface area (Å²) in [5.74, 6) is 1.63. The van der Waals surface area contributed by atoms with Gasteiger partial charge in [0.05, 0.1) is 26.9 Å². The average molecular weight is 531 g/mol. The lowest BCUT2D eigenvalue weighted by Crippen LogP contribution is -2.46. The average Bonchev–Trinajstić information content (AvgIpc) is 2.97. The van der Waals surface area contributed by atoms with Crippen molar-refractivity contribution in [2.75, 3.05) is 52.4 Å². The van der Waals surface area contributed by atoms with Gasteiger partial charge in [0.25, 0.3) is 0 Å². The van der Waals surface area contributed by atoms with E-state index in [1.54, 1.807) is 34.3 Å². The van der Waals surface area contributed by atoms with Gasteiger partial charge in [-0.2, -0.15) is 0 Å². The zero-order chi connectivity index (χ0) is 27.8. The van der Waals surface area contributed by atoms with Crippen molar-refractivity contribution in [2.24, 2.45) is 0 Å². The van der Waals surface area contributed by atoms with E-state index >= 15 is 0 Å². The first kappa shape index (κ1) is 28.2. The summed E-state index contributed by atoms with van der Waals surface area (Å²) in [4.78, 5) is 30.8. The summed E-state index contributed by atoms with van der Waals surface area (Å²) in [7, 11) is 4.75. The second kappa shape index (κ2) is 13.3. The molecule has 1 heterocycles. The molecular formula is C32H38N2O5. The Balaban J connectivity index is 1.42. The molecule has 39 heavy (non-hydrogen) atoms. The van der Waals surface area contributed by atoms with Crippen LogP contribution in [-0.2, 0) is 13.0 Å². The van der Waals surface area contributed by atoms with E-state index in [4.69, 9.17) is 14.2 Å². The summed E-state index contributed by atoms with van der Waals surface area (Å²) in [5.41, 5.74) is 4.20. The molecule has 4 rings (SSSR count). The Morgan fingerprint density at radius 3 is 2.05 bits per heavy atom. The number of piperazine rings is 1. The fraction of sp³-hybridized carbons (Fsp3) is 0.375. The number of rotatable bonds is 12. The third kappa shape index (κ3) is 6.79. The Morgan fingerprint density at radius 1 is 0.795 bits per heavy atom. The number of carbonyl (C=O) groups is 2. The van der Waals surface area contributed by atoms with Gasteiger partial charge >= 0.3 is 0 Å². The molecule has 7 heteroatoms. The molecule has 0 unspecified atom stereocenters. The molecule has 3 aromatic rings. The molecule has 0 aliphatic carbocycles. The van der Waals surface area contributed by atoms with E-state index in [1.807, 2.05) is 30.3 Å². The number of hydrogen-bond acceptors (Lipinski definition) is 7. The number of aryl methyl sites for hydroxylation is 1. The number of Topliss-reactive ketones (excluding diaryl/α,β-unsaturated/α-hetero) is 2.